The van der Waals surface area contributed by atoms with E-state index in [0.29, 0.717) is 12.0 Å². The molecule has 0 bridgehead atoms. The molecule has 12 heavy (non-hydrogen) atoms. The average Bonchev–Trinajstić information content (AvgIpc) is 2.06. The van der Waals surface area contributed by atoms with Gasteiger partial charge in [-0.15, -0.1) is 0 Å². The van der Waals surface area contributed by atoms with E-state index >= 15 is 0 Å². The molecule has 0 saturated carbocycles. The van der Waals surface area contributed by atoms with Crippen LogP contribution in [0.1, 0.15) is 24.2 Å². The van der Waals surface area contributed by atoms with E-state index in [1.807, 2.05) is 6.07 Å². The van der Waals surface area contributed by atoms with Gasteiger partial charge < -0.3 is 0 Å². The highest BCUT2D eigenvalue weighted by Crippen LogP contribution is 2.16. The Morgan fingerprint density at radius 1 is 1.42 bits per heavy atom. The van der Waals surface area contributed by atoms with E-state index in [9.17, 15) is 4.39 Å². The van der Waals surface area contributed by atoms with Gasteiger partial charge in [0.1, 0.15) is 6.17 Å². The van der Waals surface area contributed by atoms with Gasteiger partial charge in [0, 0.05) is 0 Å². The van der Waals surface area contributed by atoms with Gasteiger partial charge in [0.25, 0.3) is 0 Å². The molecular formula is C10H10FN. The van der Waals surface area contributed by atoms with Crippen LogP contribution in [0.4, 0.5) is 4.39 Å². The molecule has 0 aliphatic heterocycles. The number of benzene rings is 1. The molecule has 0 fully saturated rings. The number of nitrogens with zero attached hydrogens (tertiary/aromatic N) is 1. The standard InChI is InChI=1S/C10H10FN/c1-8(11)10-4-2-9(3-5-10)6-7-12/h2-5,8H,6H2,1H3. The Bertz CT molecular complexity index is 282. The Labute approximate surface area is 71.4 Å². The molecule has 0 aromatic heterocycles. The number of halogens is 1. The van der Waals surface area contributed by atoms with Crippen molar-refractivity contribution in [3.8, 4) is 6.07 Å². The zero-order chi connectivity index (χ0) is 8.97. The van der Waals surface area contributed by atoms with Crippen LogP contribution in [0.2, 0.25) is 0 Å². The average molecular weight is 163 g/mol. The summed E-state index contributed by atoms with van der Waals surface area (Å²) in [4.78, 5) is 0. The van der Waals surface area contributed by atoms with E-state index in [4.69, 9.17) is 5.26 Å². The number of rotatable bonds is 2. The monoisotopic (exact) mass is 163 g/mol. The lowest BCUT2D eigenvalue weighted by atomic mass is 10.1. The van der Waals surface area contributed by atoms with Gasteiger partial charge in [0.05, 0.1) is 12.5 Å². The van der Waals surface area contributed by atoms with Crippen molar-refractivity contribution in [1.82, 2.24) is 0 Å². The maximum Gasteiger partial charge on any atom is 0.122 e. The molecule has 2 heteroatoms. The third-order valence-corrected chi connectivity index (χ3v) is 1.72. The molecule has 0 aliphatic carbocycles. The second kappa shape index (κ2) is 3.87. The summed E-state index contributed by atoms with van der Waals surface area (Å²) in [7, 11) is 0. The lowest BCUT2D eigenvalue weighted by molar-refractivity contribution is 0.374. The molecule has 0 aliphatic rings. The fourth-order valence-electron chi connectivity index (χ4n) is 0.992. The molecule has 0 radical (unpaired) electrons. The van der Waals surface area contributed by atoms with Crippen LogP contribution >= 0.6 is 0 Å². The fraction of sp³-hybridized carbons (Fsp3) is 0.300. The van der Waals surface area contributed by atoms with Crippen molar-refractivity contribution in [3.05, 3.63) is 35.4 Å². The first-order valence-electron chi connectivity index (χ1n) is 3.84. The molecule has 1 nitrogen and oxygen atoms in total. The first-order chi connectivity index (χ1) is 5.74. The summed E-state index contributed by atoms with van der Waals surface area (Å²) in [5.74, 6) is 0. The maximum atomic E-state index is 12.7. The molecule has 0 amide bonds. The van der Waals surface area contributed by atoms with Crippen LogP contribution in [0.25, 0.3) is 0 Å². The smallest absolute Gasteiger partial charge is 0.122 e. The fourth-order valence-corrected chi connectivity index (χ4v) is 0.992. The summed E-state index contributed by atoms with van der Waals surface area (Å²) < 4.78 is 12.7. The Balaban J connectivity index is 2.80. The summed E-state index contributed by atoms with van der Waals surface area (Å²) in [5, 5.41) is 8.37. The van der Waals surface area contributed by atoms with Crippen molar-refractivity contribution in [2.24, 2.45) is 0 Å². The summed E-state index contributed by atoms with van der Waals surface area (Å²) >= 11 is 0. The molecular weight excluding hydrogens is 153 g/mol. The van der Waals surface area contributed by atoms with Gasteiger partial charge in [-0.1, -0.05) is 24.3 Å². The summed E-state index contributed by atoms with van der Waals surface area (Å²) in [6, 6.07) is 9.05. The van der Waals surface area contributed by atoms with E-state index in [-0.39, 0.29) is 0 Å². The molecule has 62 valence electrons. The van der Waals surface area contributed by atoms with Crippen molar-refractivity contribution < 1.29 is 4.39 Å². The SMILES string of the molecule is CC(F)c1ccc(CC#N)cc1. The topological polar surface area (TPSA) is 23.8 Å². The van der Waals surface area contributed by atoms with E-state index in [0.717, 1.165) is 5.56 Å². The number of nitriles is 1. The number of hydrogen-bond donors (Lipinski definition) is 0. The number of alkyl halides is 1. The summed E-state index contributed by atoms with van der Waals surface area (Å²) in [6.07, 6.45) is -0.540. The van der Waals surface area contributed by atoms with Crippen molar-refractivity contribution >= 4 is 0 Å². The van der Waals surface area contributed by atoms with Crippen molar-refractivity contribution in [2.75, 3.05) is 0 Å². The second-order valence-electron chi connectivity index (χ2n) is 2.69. The van der Waals surface area contributed by atoms with Gasteiger partial charge in [-0.3, -0.25) is 0 Å². The van der Waals surface area contributed by atoms with Crippen LogP contribution in [-0.4, -0.2) is 0 Å². The van der Waals surface area contributed by atoms with Gasteiger partial charge in [-0.2, -0.15) is 5.26 Å². The van der Waals surface area contributed by atoms with Crippen LogP contribution < -0.4 is 0 Å². The van der Waals surface area contributed by atoms with Gasteiger partial charge in [0.15, 0.2) is 0 Å². The van der Waals surface area contributed by atoms with Crippen molar-refractivity contribution in [1.29, 1.82) is 5.26 Å². The summed E-state index contributed by atoms with van der Waals surface area (Å²) in [5.41, 5.74) is 1.60. The van der Waals surface area contributed by atoms with Crippen LogP contribution in [0, 0.1) is 11.3 Å². The van der Waals surface area contributed by atoms with E-state index in [2.05, 4.69) is 0 Å². The molecule has 0 heterocycles. The van der Waals surface area contributed by atoms with Crippen molar-refractivity contribution in [3.63, 3.8) is 0 Å². The predicted octanol–water partition coefficient (Wildman–Crippen LogP) is 2.78. The van der Waals surface area contributed by atoms with Crippen LogP contribution in [0.15, 0.2) is 24.3 Å². The first kappa shape index (κ1) is 8.73. The van der Waals surface area contributed by atoms with Crippen molar-refractivity contribution in [2.45, 2.75) is 19.5 Å². The molecule has 1 rings (SSSR count). The molecule has 1 unspecified atom stereocenters. The highest BCUT2D eigenvalue weighted by atomic mass is 19.1. The Kier molecular flexibility index (Phi) is 2.82. The molecule has 0 spiro atoms. The maximum absolute atomic E-state index is 12.7. The normalized spacial score (nSPS) is 12.1. The lowest BCUT2D eigenvalue weighted by Gasteiger charge is -2.01. The third-order valence-electron chi connectivity index (χ3n) is 1.72. The Hall–Kier alpha value is -1.36. The molecule has 0 N–H and O–H groups in total. The minimum absolute atomic E-state index is 0.390. The largest absolute Gasteiger partial charge is 0.243 e. The summed E-state index contributed by atoms with van der Waals surface area (Å²) in [6.45, 7) is 1.50. The van der Waals surface area contributed by atoms with Gasteiger partial charge in [0.2, 0.25) is 0 Å². The molecule has 0 saturated heterocycles. The highest BCUT2D eigenvalue weighted by Gasteiger charge is 2.00. The quantitative estimate of drug-likeness (QED) is 0.657. The van der Waals surface area contributed by atoms with Gasteiger partial charge in [-0.25, -0.2) is 4.39 Å². The van der Waals surface area contributed by atoms with Crippen LogP contribution in [-0.2, 0) is 6.42 Å². The minimum atomic E-state index is -0.930. The predicted molar refractivity (Wildman–Crippen MR) is 45.3 cm³/mol. The van der Waals surface area contributed by atoms with Gasteiger partial charge >= 0.3 is 0 Å². The molecule has 1 aromatic carbocycles. The lowest BCUT2D eigenvalue weighted by Crippen LogP contribution is -1.86. The minimum Gasteiger partial charge on any atom is -0.243 e. The first-order valence-corrected chi connectivity index (χ1v) is 3.84. The third kappa shape index (κ3) is 2.06. The zero-order valence-electron chi connectivity index (χ0n) is 6.92. The number of hydrogen-bond acceptors (Lipinski definition) is 1. The molecule has 1 aromatic rings. The zero-order valence-corrected chi connectivity index (χ0v) is 6.92. The van der Waals surface area contributed by atoms with Crippen LogP contribution in [0.3, 0.4) is 0 Å². The van der Waals surface area contributed by atoms with E-state index in [1.165, 1.54) is 6.92 Å². The Morgan fingerprint density at radius 3 is 2.42 bits per heavy atom. The van der Waals surface area contributed by atoms with Gasteiger partial charge in [-0.05, 0) is 18.1 Å². The highest BCUT2D eigenvalue weighted by molar-refractivity contribution is 5.25. The molecule has 1 atom stereocenters. The van der Waals surface area contributed by atoms with E-state index < -0.39 is 6.17 Å². The van der Waals surface area contributed by atoms with E-state index in [1.54, 1.807) is 24.3 Å². The van der Waals surface area contributed by atoms with Crippen LogP contribution in [0.5, 0.6) is 0 Å². The Morgan fingerprint density at radius 2 is 2.00 bits per heavy atom. The second-order valence-corrected chi connectivity index (χ2v) is 2.69.